The number of nitrogens with zero attached hydrogens (tertiary/aromatic N) is 1. The molecule has 1 amide bonds. The van der Waals surface area contributed by atoms with Gasteiger partial charge in [0.2, 0.25) is 0 Å². The topological polar surface area (TPSA) is 98.5 Å². The number of halogens is 3. The molecule has 0 spiro atoms. The molecule has 0 saturated carbocycles. The van der Waals surface area contributed by atoms with Gasteiger partial charge in [0, 0.05) is 21.7 Å². The van der Waals surface area contributed by atoms with Gasteiger partial charge < -0.3 is 10.1 Å². The minimum Gasteiger partial charge on any atom is -0.459 e. The minimum atomic E-state index is -0.724. The molecule has 0 atom stereocenters. The molecule has 26 heavy (non-hydrogen) atoms. The van der Waals surface area contributed by atoms with Crippen molar-refractivity contribution in [2.45, 2.75) is 6.61 Å². The minimum absolute atomic E-state index is 0.0184. The number of rotatable bonds is 6. The predicted octanol–water partition coefficient (Wildman–Crippen LogP) is 3.62. The Hall–Kier alpha value is -2.52. The maximum Gasteiger partial charge on any atom is 0.325 e. The maximum absolute atomic E-state index is 13.0. The van der Waals surface area contributed by atoms with E-state index >= 15 is 0 Å². The van der Waals surface area contributed by atoms with E-state index in [1.165, 1.54) is 30.3 Å². The first kappa shape index (κ1) is 19.8. The largest absolute Gasteiger partial charge is 0.459 e. The van der Waals surface area contributed by atoms with E-state index in [0.29, 0.717) is 10.0 Å². The first-order chi connectivity index (χ1) is 12.3. The molecule has 0 unspecified atom stereocenters. The molecule has 0 radical (unpaired) electrons. The molecule has 0 heterocycles. The lowest BCUT2D eigenvalue weighted by Gasteiger charge is -2.08. The SMILES string of the molecule is O=C(CNC(=O)c1ccc(Cl)c([N+](=O)[O-])c1)OCc1ccc(F)cc1Br. The van der Waals surface area contributed by atoms with E-state index in [0.717, 1.165) is 6.07 Å². The quantitative estimate of drug-likeness (QED) is 0.416. The Morgan fingerprint density at radius 2 is 2.00 bits per heavy atom. The molecular formula is C16H11BrClFN2O5. The molecule has 0 aromatic heterocycles. The Balaban J connectivity index is 1.89. The molecule has 0 saturated heterocycles. The molecule has 0 bridgehead atoms. The third-order valence-corrected chi connectivity index (χ3v) is 4.26. The van der Waals surface area contributed by atoms with E-state index in [1.807, 2.05) is 0 Å². The summed E-state index contributed by atoms with van der Waals surface area (Å²) in [5, 5.41) is 13.0. The molecule has 0 fully saturated rings. The van der Waals surface area contributed by atoms with Gasteiger partial charge in [-0.1, -0.05) is 33.6 Å². The Morgan fingerprint density at radius 1 is 1.27 bits per heavy atom. The van der Waals surface area contributed by atoms with Crippen molar-refractivity contribution in [3.05, 3.63) is 73.0 Å². The van der Waals surface area contributed by atoms with E-state index < -0.39 is 34.8 Å². The molecule has 2 aromatic rings. The summed E-state index contributed by atoms with van der Waals surface area (Å²) < 4.78 is 18.4. The second-order valence-electron chi connectivity index (χ2n) is 5.00. The molecule has 0 aliphatic carbocycles. The van der Waals surface area contributed by atoms with Crippen LogP contribution in [0.1, 0.15) is 15.9 Å². The summed E-state index contributed by atoms with van der Waals surface area (Å²) in [7, 11) is 0. The van der Waals surface area contributed by atoms with Gasteiger partial charge in [-0.25, -0.2) is 4.39 Å². The molecule has 0 aliphatic rings. The highest BCUT2D eigenvalue weighted by Gasteiger charge is 2.17. The number of carbonyl (C=O) groups excluding carboxylic acids is 2. The van der Waals surface area contributed by atoms with E-state index in [-0.39, 0.29) is 17.2 Å². The zero-order valence-electron chi connectivity index (χ0n) is 13.0. The van der Waals surface area contributed by atoms with Gasteiger partial charge in [0.25, 0.3) is 11.6 Å². The van der Waals surface area contributed by atoms with Crippen LogP contribution in [0.4, 0.5) is 10.1 Å². The van der Waals surface area contributed by atoms with Crippen LogP contribution in [0.15, 0.2) is 40.9 Å². The Kier molecular flexibility index (Phi) is 6.64. The smallest absolute Gasteiger partial charge is 0.325 e. The van der Waals surface area contributed by atoms with E-state index in [9.17, 15) is 24.1 Å². The Morgan fingerprint density at radius 3 is 2.65 bits per heavy atom. The molecule has 2 aromatic carbocycles. The van der Waals surface area contributed by atoms with Gasteiger partial charge in [-0.2, -0.15) is 0 Å². The third kappa shape index (κ3) is 5.24. The first-order valence-electron chi connectivity index (χ1n) is 7.09. The Labute approximate surface area is 160 Å². The van der Waals surface area contributed by atoms with Crippen LogP contribution < -0.4 is 5.32 Å². The van der Waals surface area contributed by atoms with Gasteiger partial charge in [-0.3, -0.25) is 19.7 Å². The van der Waals surface area contributed by atoms with Gasteiger partial charge in [-0.05, 0) is 24.3 Å². The van der Waals surface area contributed by atoms with Crippen LogP contribution in [0.2, 0.25) is 5.02 Å². The van der Waals surface area contributed by atoms with Crippen molar-refractivity contribution in [1.29, 1.82) is 0 Å². The monoisotopic (exact) mass is 444 g/mol. The van der Waals surface area contributed by atoms with Crippen LogP contribution in [0, 0.1) is 15.9 Å². The number of carbonyl (C=O) groups is 2. The number of nitrogens with one attached hydrogen (secondary N) is 1. The van der Waals surface area contributed by atoms with Crippen LogP contribution in [0.5, 0.6) is 0 Å². The van der Waals surface area contributed by atoms with Crippen molar-refractivity contribution in [3.63, 3.8) is 0 Å². The van der Waals surface area contributed by atoms with E-state index in [1.54, 1.807) is 0 Å². The van der Waals surface area contributed by atoms with Gasteiger partial charge in [0.05, 0.1) is 4.92 Å². The summed E-state index contributed by atoms with van der Waals surface area (Å²) in [5.41, 5.74) is 0.123. The van der Waals surface area contributed by atoms with Crippen LogP contribution in [-0.4, -0.2) is 23.3 Å². The average molecular weight is 446 g/mol. The fourth-order valence-electron chi connectivity index (χ4n) is 1.90. The van der Waals surface area contributed by atoms with Crippen LogP contribution in [0.3, 0.4) is 0 Å². The van der Waals surface area contributed by atoms with Crippen LogP contribution in [-0.2, 0) is 16.1 Å². The molecule has 0 aliphatic heterocycles. The number of hydrogen-bond acceptors (Lipinski definition) is 5. The van der Waals surface area contributed by atoms with Crippen LogP contribution >= 0.6 is 27.5 Å². The lowest BCUT2D eigenvalue weighted by molar-refractivity contribution is -0.384. The summed E-state index contributed by atoms with van der Waals surface area (Å²) in [6, 6.07) is 7.45. The fourth-order valence-corrected chi connectivity index (χ4v) is 2.55. The second-order valence-corrected chi connectivity index (χ2v) is 6.26. The van der Waals surface area contributed by atoms with E-state index in [4.69, 9.17) is 16.3 Å². The standard InChI is InChI=1S/C16H11BrClFN2O5/c17-12-6-11(19)3-1-10(12)8-26-15(22)7-20-16(23)9-2-4-13(18)14(5-9)21(24)25/h1-6H,7-8H2,(H,20,23). The van der Waals surface area contributed by atoms with Gasteiger partial charge in [-0.15, -0.1) is 0 Å². The molecular weight excluding hydrogens is 435 g/mol. The second kappa shape index (κ2) is 8.72. The van der Waals surface area contributed by atoms with Crippen molar-refractivity contribution in [2.75, 3.05) is 6.54 Å². The molecule has 136 valence electrons. The number of hydrogen-bond donors (Lipinski definition) is 1. The van der Waals surface area contributed by atoms with Gasteiger partial charge >= 0.3 is 5.97 Å². The van der Waals surface area contributed by atoms with Crippen molar-refractivity contribution in [3.8, 4) is 0 Å². The van der Waals surface area contributed by atoms with Crippen molar-refractivity contribution >= 4 is 45.1 Å². The molecule has 1 N–H and O–H groups in total. The first-order valence-corrected chi connectivity index (χ1v) is 8.26. The number of benzene rings is 2. The zero-order chi connectivity index (χ0) is 19.3. The zero-order valence-corrected chi connectivity index (χ0v) is 15.3. The molecule has 2 rings (SSSR count). The Bertz CT molecular complexity index is 878. The predicted molar refractivity (Wildman–Crippen MR) is 94.3 cm³/mol. The lowest BCUT2D eigenvalue weighted by atomic mass is 10.2. The number of amides is 1. The highest BCUT2D eigenvalue weighted by atomic mass is 79.9. The normalized spacial score (nSPS) is 10.3. The summed E-state index contributed by atoms with van der Waals surface area (Å²) in [6.45, 7) is -0.546. The van der Waals surface area contributed by atoms with Crippen molar-refractivity contribution < 1.29 is 23.6 Å². The third-order valence-electron chi connectivity index (χ3n) is 3.20. The number of ether oxygens (including phenoxy) is 1. The van der Waals surface area contributed by atoms with E-state index in [2.05, 4.69) is 21.2 Å². The van der Waals surface area contributed by atoms with Crippen LogP contribution in [0.25, 0.3) is 0 Å². The van der Waals surface area contributed by atoms with Crippen molar-refractivity contribution in [1.82, 2.24) is 5.32 Å². The highest BCUT2D eigenvalue weighted by molar-refractivity contribution is 9.10. The lowest BCUT2D eigenvalue weighted by Crippen LogP contribution is -2.30. The van der Waals surface area contributed by atoms with Crippen molar-refractivity contribution in [2.24, 2.45) is 0 Å². The molecule has 10 heteroatoms. The molecule has 7 nitrogen and oxygen atoms in total. The average Bonchev–Trinajstić information content (AvgIpc) is 2.59. The summed E-state index contributed by atoms with van der Waals surface area (Å²) in [5.74, 6) is -1.85. The number of nitro groups is 1. The van der Waals surface area contributed by atoms with Gasteiger partial charge in [0.15, 0.2) is 0 Å². The van der Waals surface area contributed by atoms with Gasteiger partial charge in [0.1, 0.15) is 24.0 Å². The summed E-state index contributed by atoms with van der Waals surface area (Å²) in [6.07, 6.45) is 0. The maximum atomic E-state index is 13.0. The highest BCUT2D eigenvalue weighted by Crippen LogP contribution is 2.25. The summed E-state index contributed by atoms with van der Waals surface area (Å²) in [4.78, 5) is 33.8. The fraction of sp³-hybridized carbons (Fsp3) is 0.125. The number of esters is 1. The number of nitro benzene ring substituents is 1. The summed E-state index contributed by atoms with van der Waals surface area (Å²) >= 11 is 8.82.